The van der Waals surface area contributed by atoms with Crippen molar-refractivity contribution in [1.29, 1.82) is 0 Å². The number of likely N-dealkylation sites (tertiary alicyclic amines) is 1. The minimum Gasteiger partial charge on any atom is -0.388 e. The highest BCUT2D eigenvalue weighted by atomic mass is 16.5. The molecule has 1 saturated heterocycles. The third-order valence-electron chi connectivity index (χ3n) is 3.50. The lowest BCUT2D eigenvalue weighted by Gasteiger charge is -2.43. The monoisotopic (exact) mass is 216 g/mol. The number of methoxy groups -OCH3 is 1. The van der Waals surface area contributed by atoms with Crippen LogP contribution in [0.25, 0.3) is 0 Å². The van der Waals surface area contributed by atoms with Gasteiger partial charge in [0, 0.05) is 32.7 Å². The Balaban J connectivity index is 2.54. The Bertz CT molecular complexity index is 201. The summed E-state index contributed by atoms with van der Waals surface area (Å²) in [5.74, 6) is 0. The van der Waals surface area contributed by atoms with Gasteiger partial charge in [0.05, 0.1) is 11.7 Å². The first kappa shape index (κ1) is 12.9. The maximum atomic E-state index is 10.4. The lowest BCUT2D eigenvalue weighted by Crippen LogP contribution is -2.60. The maximum Gasteiger partial charge on any atom is 0.0847 e. The van der Waals surface area contributed by atoms with Gasteiger partial charge >= 0.3 is 0 Å². The van der Waals surface area contributed by atoms with Crippen LogP contribution in [0.15, 0.2) is 0 Å². The van der Waals surface area contributed by atoms with E-state index >= 15 is 0 Å². The van der Waals surface area contributed by atoms with E-state index in [9.17, 15) is 5.11 Å². The van der Waals surface area contributed by atoms with Crippen molar-refractivity contribution in [2.45, 2.75) is 44.4 Å². The lowest BCUT2D eigenvalue weighted by atomic mass is 9.82. The van der Waals surface area contributed by atoms with Gasteiger partial charge in [0.1, 0.15) is 0 Å². The first-order valence-electron chi connectivity index (χ1n) is 5.75. The van der Waals surface area contributed by atoms with Crippen molar-refractivity contribution in [2.75, 3.05) is 26.7 Å². The standard InChI is InChI=1S/C11H24N2O2/c1-4-13-6-5-11(14,10(12)8-13)7-9(2)15-3/h9-10,14H,4-8,12H2,1-3H3. The second-order valence-electron chi connectivity index (χ2n) is 4.60. The van der Waals surface area contributed by atoms with Gasteiger partial charge in [0.15, 0.2) is 0 Å². The van der Waals surface area contributed by atoms with Crippen molar-refractivity contribution in [1.82, 2.24) is 4.90 Å². The molecule has 4 nitrogen and oxygen atoms in total. The number of piperidine rings is 1. The summed E-state index contributed by atoms with van der Waals surface area (Å²) < 4.78 is 5.19. The highest BCUT2D eigenvalue weighted by Gasteiger charge is 2.39. The van der Waals surface area contributed by atoms with Crippen LogP contribution in [0.2, 0.25) is 0 Å². The summed E-state index contributed by atoms with van der Waals surface area (Å²) in [6.45, 7) is 6.80. The molecule has 0 aromatic rings. The number of likely N-dealkylation sites (N-methyl/N-ethyl adjacent to an activating group) is 1. The average Bonchev–Trinajstić information content (AvgIpc) is 2.22. The molecule has 0 aliphatic carbocycles. The highest BCUT2D eigenvalue weighted by molar-refractivity contribution is 4.96. The molecule has 1 heterocycles. The molecule has 1 aliphatic rings. The molecule has 4 heteroatoms. The fourth-order valence-corrected chi connectivity index (χ4v) is 2.20. The Morgan fingerprint density at radius 2 is 2.33 bits per heavy atom. The van der Waals surface area contributed by atoms with Gasteiger partial charge in [0.2, 0.25) is 0 Å². The Hall–Kier alpha value is -0.160. The van der Waals surface area contributed by atoms with Crippen molar-refractivity contribution >= 4 is 0 Å². The van der Waals surface area contributed by atoms with Crippen molar-refractivity contribution < 1.29 is 9.84 Å². The van der Waals surface area contributed by atoms with Gasteiger partial charge in [-0.3, -0.25) is 0 Å². The van der Waals surface area contributed by atoms with Crippen molar-refractivity contribution in [3.63, 3.8) is 0 Å². The summed E-state index contributed by atoms with van der Waals surface area (Å²) in [6, 6.07) is -0.163. The first-order chi connectivity index (χ1) is 7.01. The van der Waals surface area contributed by atoms with Crippen molar-refractivity contribution in [3.05, 3.63) is 0 Å². The van der Waals surface area contributed by atoms with Gasteiger partial charge in [0.25, 0.3) is 0 Å². The van der Waals surface area contributed by atoms with Crippen LogP contribution in [-0.4, -0.2) is 54.5 Å². The molecule has 15 heavy (non-hydrogen) atoms. The number of nitrogens with two attached hydrogens (primary N) is 1. The minimum absolute atomic E-state index is 0.0641. The molecule has 1 rings (SSSR count). The zero-order valence-electron chi connectivity index (χ0n) is 10.1. The van der Waals surface area contributed by atoms with E-state index < -0.39 is 5.60 Å². The molecule has 3 N–H and O–H groups in total. The Kier molecular flexibility index (Phi) is 4.52. The first-order valence-corrected chi connectivity index (χ1v) is 5.75. The molecule has 3 unspecified atom stereocenters. The zero-order valence-corrected chi connectivity index (χ0v) is 10.1. The predicted octanol–water partition coefficient (Wildman–Crippen LogP) is 0.195. The number of rotatable bonds is 4. The average molecular weight is 216 g/mol. The van der Waals surface area contributed by atoms with Gasteiger partial charge in [-0.2, -0.15) is 0 Å². The molecule has 1 fully saturated rings. The lowest BCUT2D eigenvalue weighted by molar-refractivity contribution is -0.0719. The molecule has 0 aromatic heterocycles. The molecule has 0 radical (unpaired) electrons. The van der Waals surface area contributed by atoms with Crippen LogP contribution in [0.3, 0.4) is 0 Å². The fraction of sp³-hybridized carbons (Fsp3) is 1.00. The maximum absolute atomic E-state index is 10.4. The van der Waals surface area contributed by atoms with Gasteiger partial charge < -0.3 is 20.5 Å². The van der Waals surface area contributed by atoms with E-state index in [0.717, 1.165) is 26.1 Å². The van der Waals surface area contributed by atoms with Gasteiger partial charge in [-0.25, -0.2) is 0 Å². The molecule has 0 bridgehead atoms. The largest absolute Gasteiger partial charge is 0.388 e. The molecule has 0 aromatic carbocycles. The molecule has 1 aliphatic heterocycles. The molecular weight excluding hydrogens is 192 g/mol. The van der Waals surface area contributed by atoms with Gasteiger partial charge in [-0.15, -0.1) is 0 Å². The minimum atomic E-state index is -0.749. The Morgan fingerprint density at radius 1 is 1.67 bits per heavy atom. The number of hydrogen-bond donors (Lipinski definition) is 2. The van der Waals surface area contributed by atoms with Crippen LogP contribution >= 0.6 is 0 Å². The third kappa shape index (κ3) is 3.14. The Labute approximate surface area is 92.4 Å². The number of aliphatic hydroxyl groups is 1. The smallest absolute Gasteiger partial charge is 0.0847 e. The van der Waals surface area contributed by atoms with Crippen LogP contribution < -0.4 is 5.73 Å². The van der Waals surface area contributed by atoms with Crippen LogP contribution in [0.4, 0.5) is 0 Å². The molecule has 0 saturated carbocycles. The second kappa shape index (κ2) is 5.25. The number of nitrogens with zero attached hydrogens (tertiary/aromatic N) is 1. The van der Waals surface area contributed by atoms with Crippen molar-refractivity contribution in [2.24, 2.45) is 5.73 Å². The second-order valence-corrected chi connectivity index (χ2v) is 4.60. The van der Waals surface area contributed by atoms with Crippen molar-refractivity contribution in [3.8, 4) is 0 Å². The predicted molar refractivity (Wildman–Crippen MR) is 60.7 cm³/mol. The summed E-state index contributed by atoms with van der Waals surface area (Å²) in [6.07, 6.45) is 1.44. The van der Waals surface area contributed by atoms with E-state index in [1.54, 1.807) is 7.11 Å². The molecule has 90 valence electrons. The summed E-state index contributed by atoms with van der Waals surface area (Å²) in [5.41, 5.74) is 5.29. The van der Waals surface area contributed by atoms with Gasteiger partial charge in [-0.1, -0.05) is 6.92 Å². The number of hydrogen-bond acceptors (Lipinski definition) is 4. The molecular formula is C11H24N2O2. The van der Waals surface area contributed by atoms with E-state index in [1.807, 2.05) is 6.92 Å². The molecule has 0 spiro atoms. The summed E-state index contributed by atoms with van der Waals surface area (Å²) in [5, 5.41) is 10.4. The molecule has 3 atom stereocenters. The van der Waals surface area contributed by atoms with Crippen LogP contribution in [0.5, 0.6) is 0 Å². The van der Waals surface area contributed by atoms with Crippen LogP contribution in [-0.2, 0) is 4.74 Å². The van der Waals surface area contributed by atoms with Crippen LogP contribution in [0, 0.1) is 0 Å². The van der Waals surface area contributed by atoms with E-state index in [1.165, 1.54) is 0 Å². The zero-order chi connectivity index (χ0) is 11.5. The van der Waals surface area contributed by atoms with E-state index in [4.69, 9.17) is 10.5 Å². The summed E-state index contributed by atoms with van der Waals surface area (Å²) in [7, 11) is 1.67. The SMILES string of the molecule is CCN1CCC(O)(CC(C)OC)C(N)C1. The number of ether oxygens (including phenoxy) is 1. The molecule has 0 amide bonds. The fourth-order valence-electron chi connectivity index (χ4n) is 2.20. The topological polar surface area (TPSA) is 58.7 Å². The quantitative estimate of drug-likeness (QED) is 0.704. The summed E-state index contributed by atoms with van der Waals surface area (Å²) in [4.78, 5) is 2.27. The normalized spacial score (nSPS) is 35.4. The van der Waals surface area contributed by atoms with E-state index in [-0.39, 0.29) is 12.1 Å². The van der Waals surface area contributed by atoms with Gasteiger partial charge in [-0.05, 0) is 19.9 Å². The third-order valence-corrected chi connectivity index (χ3v) is 3.50. The summed E-state index contributed by atoms with van der Waals surface area (Å²) >= 11 is 0. The Morgan fingerprint density at radius 3 is 2.80 bits per heavy atom. The van der Waals surface area contributed by atoms with Crippen LogP contribution in [0.1, 0.15) is 26.7 Å². The van der Waals surface area contributed by atoms with E-state index in [0.29, 0.717) is 6.42 Å². The highest BCUT2D eigenvalue weighted by Crippen LogP contribution is 2.26. The van der Waals surface area contributed by atoms with E-state index in [2.05, 4.69) is 11.8 Å².